The van der Waals surface area contributed by atoms with Crippen molar-refractivity contribution in [3.05, 3.63) is 36.2 Å². The Morgan fingerprint density at radius 1 is 1.42 bits per heavy atom. The Bertz CT molecular complexity index is 896. The molecule has 3 rings (SSSR count). The highest BCUT2D eigenvalue weighted by atomic mass is 32.2. The number of ether oxygens (including phenoxy) is 1. The number of halogens is 1. The van der Waals surface area contributed by atoms with Crippen LogP contribution < -0.4 is 4.90 Å². The summed E-state index contributed by atoms with van der Waals surface area (Å²) in [6, 6.07) is 4.19. The highest BCUT2D eigenvalue weighted by Gasteiger charge is 2.34. The summed E-state index contributed by atoms with van der Waals surface area (Å²) in [5.74, 6) is -0.351. The summed E-state index contributed by atoms with van der Waals surface area (Å²) in [6.07, 6.45) is 0.984. The lowest BCUT2D eigenvalue weighted by Gasteiger charge is -2.14. The second kappa shape index (κ2) is 5.86. The monoisotopic (exact) mass is 354 g/mol. The van der Waals surface area contributed by atoms with E-state index >= 15 is 0 Å². The van der Waals surface area contributed by atoms with E-state index in [9.17, 15) is 17.6 Å². The van der Waals surface area contributed by atoms with E-state index in [-0.39, 0.29) is 23.7 Å². The first-order valence-corrected chi connectivity index (χ1v) is 9.13. The van der Waals surface area contributed by atoms with Gasteiger partial charge in [0.2, 0.25) is 0 Å². The highest BCUT2D eigenvalue weighted by molar-refractivity contribution is 7.90. The summed E-state index contributed by atoms with van der Waals surface area (Å²) in [6.45, 7) is 1.73. The van der Waals surface area contributed by atoms with Crippen molar-refractivity contribution in [3.8, 4) is 5.69 Å². The Kier molecular flexibility index (Phi) is 3.99. The van der Waals surface area contributed by atoms with Crippen molar-refractivity contribution in [2.24, 2.45) is 0 Å². The summed E-state index contributed by atoms with van der Waals surface area (Å²) in [4.78, 5) is 17.0. The quantitative estimate of drug-likeness (QED) is 0.816. The molecule has 24 heavy (non-hydrogen) atoms. The Morgan fingerprint density at radius 2 is 2.17 bits per heavy atom. The minimum Gasteiger partial charge on any atom is -0.443 e. The van der Waals surface area contributed by atoms with Crippen LogP contribution in [0.5, 0.6) is 0 Å². The number of hydrogen-bond donors (Lipinski definition) is 0. The maximum absolute atomic E-state index is 14.3. The number of amides is 1. The molecule has 0 bridgehead atoms. The van der Waals surface area contributed by atoms with Gasteiger partial charge < -0.3 is 4.74 Å². The topological polar surface area (TPSA) is 94.4 Å². The lowest BCUT2D eigenvalue weighted by molar-refractivity contribution is 0.151. The number of aromatic nitrogens is 3. The van der Waals surface area contributed by atoms with Crippen LogP contribution in [-0.2, 0) is 14.6 Å². The summed E-state index contributed by atoms with van der Waals surface area (Å²) < 4.78 is 43.3. The van der Waals surface area contributed by atoms with Crippen LogP contribution in [0.25, 0.3) is 5.69 Å². The Balaban J connectivity index is 1.83. The van der Waals surface area contributed by atoms with E-state index < -0.39 is 27.9 Å². The summed E-state index contributed by atoms with van der Waals surface area (Å²) in [5.41, 5.74) is 0.480. The number of anilines is 1. The fraction of sp³-hybridized carbons (Fsp3) is 0.357. The molecular formula is C14H15FN4O4S. The van der Waals surface area contributed by atoms with Gasteiger partial charge in [-0.3, -0.25) is 4.90 Å². The second-order valence-corrected chi connectivity index (χ2v) is 7.77. The fourth-order valence-corrected chi connectivity index (χ4v) is 3.32. The molecule has 2 aromatic rings. The molecule has 0 unspecified atom stereocenters. The Hall–Kier alpha value is -2.49. The molecule has 8 nitrogen and oxygen atoms in total. The first-order valence-electron chi connectivity index (χ1n) is 7.07. The van der Waals surface area contributed by atoms with Crippen molar-refractivity contribution in [2.75, 3.05) is 23.5 Å². The molecule has 0 aliphatic carbocycles. The zero-order chi connectivity index (χ0) is 17.5. The number of hydrogen-bond acceptors (Lipinski definition) is 6. The van der Waals surface area contributed by atoms with Gasteiger partial charge >= 0.3 is 6.09 Å². The van der Waals surface area contributed by atoms with Crippen molar-refractivity contribution in [3.63, 3.8) is 0 Å². The van der Waals surface area contributed by atoms with E-state index in [1.165, 1.54) is 28.0 Å². The molecule has 1 atom stereocenters. The number of sulfone groups is 1. The van der Waals surface area contributed by atoms with Gasteiger partial charge in [0.1, 0.15) is 23.9 Å². The predicted octanol–water partition coefficient (Wildman–Crippen LogP) is 1.08. The van der Waals surface area contributed by atoms with Crippen molar-refractivity contribution >= 4 is 21.6 Å². The molecule has 2 heterocycles. The minimum atomic E-state index is -3.28. The van der Waals surface area contributed by atoms with Gasteiger partial charge in [0, 0.05) is 6.26 Å². The first kappa shape index (κ1) is 16.4. The molecule has 10 heteroatoms. The number of carbonyl (C=O) groups is 1. The smallest absolute Gasteiger partial charge is 0.414 e. The third kappa shape index (κ3) is 3.37. The number of rotatable bonds is 4. The average molecular weight is 354 g/mol. The van der Waals surface area contributed by atoms with E-state index in [1.807, 2.05) is 0 Å². The standard InChI is InChI=1S/C14H15FN4O4S/c1-9-16-8-19(17-9)13-4-3-10(5-12(13)15)18-6-11(23-14(18)20)7-24(2,21)22/h3-5,8,11H,6-7H2,1-2H3/t11-/m1/s1. The molecule has 128 valence electrons. The summed E-state index contributed by atoms with van der Waals surface area (Å²) in [5, 5.41) is 4.03. The Morgan fingerprint density at radius 3 is 2.75 bits per heavy atom. The molecule has 1 aromatic carbocycles. The minimum absolute atomic E-state index is 0.0487. The SMILES string of the molecule is Cc1ncn(-c2ccc(N3C[C@H](CS(C)(=O)=O)OC3=O)cc2F)n1. The van der Waals surface area contributed by atoms with Gasteiger partial charge in [0.25, 0.3) is 0 Å². The van der Waals surface area contributed by atoms with Gasteiger partial charge in [0.15, 0.2) is 15.7 Å². The van der Waals surface area contributed by atoms with Gasteiger partial charge in [-0.05, 0) is 25.1 Å². The number of aryl methyl sites for hydroxylation is 1. The maximum atomic E-state index is 14.3. The first-order chi connectivity index (χ1) is 11.2. The van der Waals surface area contributed by atoms with Gasteiger partial charge in [-0.25, -0.2) is 27.3 Å². The molecule has 1 amide bonds. The second-order valence-electron chi connectivity index (χ2n) is 5.58. The van der Waals surface area contributed by atoms with E-state index in [2.05, 4.69) is 10.1 Å². The normalized spacial score (nSPS) is 18.0. The van der Waals surface area contributed by atoms with Gasteiger partial charge in [-0.1, -0.05) is 0 Å². The van der Waals surface area contributed by atoms with E-state index in [4.69, 9.17) is 4.74 Å². The molecule has 1 fully saturated rings. The van der Waals surface area contributed by atoms with Crippen LogP contribution in [0.4, 0.5) is 14.9 Å². The molecule has 0 N–H and O–H groups in total. The lowest BCUT2D eigenvalue weighted by atomic mass is 10.2. The van der Waals surface area contributed by atoms with E-state index in [0.717, 1.165) is 6.26 Å². The van der Waals surface area contributed by atoms with Crippen LogP contribution in [0.3, 0.4) is 0 Å². The van der Waals surface area contributed by atoms with Crippen LogP contribution in [0, 0.1) is 12.7 Å². The van der Waals surface area contributed by atoms with Crippen LogP contribution in [0.15, 0.2) is 24.5 Å². The Labute approximate surface area is 137 Å². The van der Waals surface area contributed by atoms with Gasteiger partial charge in [0.05, 0.1) is 18.0 Å². The average Bonchev–Trinajstić information content (AvgIpc) is 3.03. The van der Waals surface area contributed by atoms with Gasteiger partial charge in [-0.15, -0.1) is 0 Å². The fourth-order valence-electron chi connectivity index (χ4n) is 2.47. The number of nitrogens with zero attached hydrogens (tertiary/aromatic N) is 4. The van der Waals surface area contributed by atoms with Crippen molar-refractivity contribution in [2.45, 2.75) is 13.0 Å². The molecule has 0 radical (unpaired) electrons. The summed E-state index contributed by atoms with van der Waals surface area (Å²) >= 11 is 0. The molecule has 1 aromatic heterocycles. The van der Waals surface area contributed by atoms with Gasteiger partial charge in [-0.2, -0.15) is 5.10 Å². The third-order valence-corrected chi connectivity index (χ3v) is 4.44. The van der Waals surface area contributed by atoms with E-state index in [1.54, 1.807) is 13.0 Å². The molecule has 1 saturated heterocycles. The molecule has 1 aliphatic heterocycles. The van der Waals surface area contributed by atoms with Crippen LogP contribution in [0.1, 0.15) is 5.82 Å². The van der Waals surface area contributed by atoms with Crippen LogP contribution in [-0.4, -0.2) is 53.9 Å². The maximum Gasteiger partial charge on any atom is 0.414 e. The van der Waals surface area contributed by atoms with Crippen LogP contribution in [0.2, 0.25) is 0 Å². The van der Waals surface area contributed by atoms with Crippen LogP contribution >= 0.6 is 0 Å². The molecule has 1 aliphatic rings. The zero-order valence-corrected chi connectivity index (χ0v) is 13.8. The number of cyclic esters (lactones) is 1. The highest BCUT2D eigenvalue weighted by Crippen LogP contribution is 2.25. The lowest BCUT2D eigenvalue weighted by Crippen LogP contribution is -2.27. The molecule has 0 spiro atoms. The molecular weight excluding hydrogens is 339 g/mol. The van der Waals surface area contributed by atoms with E-state index in [0.29, 0.717) is 5.82 Å². The number of carbonyl (C=O) groups excluding carboxylic acids is 1. The summed E-state index contributed by atoms with van der Waals surface area (Å²) in [7, 11) is -3.28. The third-order valence-electron chi connectivity index (χ3n) is 3.46. The zero-order valence-electron chi connectivity index (χ0n) is 13.0. The van der Waals surface area contributed by atoms with Crippen molar-refractivity contribution in [1.82, 2.24) is 14.8 Å². The molecule has 0 saturated carbocycles. The predicted molar refractivity (Wildman–Crippen MR) is 83.4 cm³/mol. The van der Waals surface area contributed by atoms with Crippen molar-refractivity contribution < 1.29 is 22.3 Å². The largest absolute Gasteiger partial charge is 0.443 e. The number of benzene rings is 1. The van der Waals surface area contributed by atoms with Crippen molar-refractivity contribution in [1.29, 1.82) is 0 Å².